The molecule has 500 valence electrons. The molecule has 6 aromatic heterocycles. The molecule has 6 N–H and O–H groups in total. The number of carboxylic acid groups (broad SMARTS) is 6. The van der Waals surface area contributed by atoms with Crippen LogP contribution in [0.1, 0.15) is 62.1 Å². The van der Waals surface area contributed by atoms with Gasteiger partial charge in [-0.1, -0.05) is 109 Å². The molecule has 0 aliphatic rings. The van der Waals surface area contributed by atoms with Gasteiger partial charge >= 0.3 is 71.2 Å². The Bertz CT molecular complexity index is 3750. The van der Waals surface area contributed by atoms with Crippen LogP contribution in [-0.2, 0) is 11.0 Å². The van der Waals surface area contributed by atoms with Crippen molar-refractivity contribution < 1.29 is 142 Å². The molecule has 0 aliphatic heterocycles. The number of rotatable bonds is 10. The molecule has 20 nitrogen and oxygen atoms in total. The third-order valence-electron chi connectivity index (χ3n) is 11.7. The number of aromatic carboxylic acids is 6. The molecule has 0 bridgehead atoms. The minimum absolute atomic E-state index is 0. The quantitative estimate of drug-likeness (QED) is 0.0914. The van der Waals surface area contributed by atoms with Gasteiger partial charge in [-0.2, -0.15) is 0 Å². The van der Waals surface area contributed by atoms with E-state index < -0.39 is 35.8 Å². The largest absolute Gasteiger partial charge is 3.00 e. The van der Waals surface area contributed by atoms with Gasteiger partial charge in [-0.25, -0.2) is 9.97 Å². The smallest absolute Gasteiger partial charge is 0.545 e. The number of nitrogens with zero attached hydrogens (tertiary/aromatic N) is 6. The van der Waals surface area contributed by atoms with E-state index in [1.807, 2.05) is 109 Å². The van der Waals surface area contributed by atoms with Crippen LogP contribution in [0.2, 0.25) is 0 Å². The van der Waals surface area contributed by atoms with Crippen LogP contribution >= 0.6 is 136 Å². The maximum atomic E-state index is 10.2. The molecule has 100 heavy (non-hydrogen) atoms. The third-order valence-corrected chi connectivity index (χ3v) is 16.0. The van der Waals surface area contributed by atoms with E-state index in [0.29, 0.717) is 0 Å². The molecule has 6 heterocycles. The first-order valence-corrected chi connectivity index (χ1v) is 33.9. The van der Waals surface area contributed by atoms with E-state index in [1.165, 1.54) is 72.8 Å². The van der Waals surface area contributed by atoms with Gasteiger partial charge in [0.05, 0.1) is 81.4 Å². The minimum atomic E-state index is -1.13. The SMILES string of the molecule is O=C([O-])c1ccc(I)cc1.O=C([O-])c1ccc(I)cc1.O=C([O-])c1ccc(I)cc1.O=C([O-])c1ccc(I)cc1.O=C([O-])c1ccc(I)cc1.O=C([O-])c1ccc(I)cc1.[La+3].[La+3].[OH3+].[OH3+].c1ccc(-c2cccc(-c3ccccn3)n2)nc1.c1ccc(-c2cccc(-c3ccccn3)n2)nc1. The summed E-state index contributed by atoms with van der Waals surface area (Å²) >= 11 is 12.6. The molecule has 0 aliphatic carbocycles. The van der Waals surface area contributed by atoms with Crippen molar-refractivity contribution in [1.82, 2.24) is 29.9 Å². The van der Waals surface area contributed by atoms with Gasteiger partial charge < -0.3 is 70.4 Å². The summed E-state index contributed by atoms with van der Waals surface area (Å²) < 4.78 is 6.10. The summed E-state index contributed by atoms with van der Waals surface area (Å²) in [6.45, 7) is 0. The van der Waals surface area contributed by atoms with Gasteiger partial charge in [0.15, 0.2) is 0 Å². The van der Waals surface area contributed by atoms with Crippen LogP contribution < -0.4 is 30.6 Å². The summed E-state index contributed by atoms with van der Waals surface area (Å²) in [5.74, 6) is -6.77. The van der Waals surface area contributed by atoms with Gasteiger partial charge in [0.1, 0.15) is 0 Å². The molecule has 0 saturated heterocycles. The summed E-state index contributed by atoms with van der Waals surface area (Å²) in [5.41, 5.74) is 8.26. The molecular formula is C72H52I6La2N6O14+2. The Morgan fingerprint density at radius 1 is 0.210 bits per heavy atom. The van der Waals surface area contributed by atoms with E-state index in [0.717, 1.165) is 67.0 Å². The summed E-state index contributed by atoms with van der Waals surface area (Å²) in [6, 6.07) is 74.0. The van der Waals surface area contributed by atoms with E-state index in [1.54, 1.807) is 97.6 Å². The zero-order valence-corrected chi connectivity index (χ0v) is 71.9. The minimum Gasteiger partial charge on any atom is -0.545 e. The van der Waals surface area contributed by atoms with Crippen molar-refractivity contribution in [3.63, 3.8) is 0 Å². The standard InChI is InChI=1S/2C15H11N3.6C7H5IO2.2La.2H2O/c2*1-3-10-16-12(6-1)14-8-5-9-15(18-14)13-7-2-4-11-17-13;6*8-6-3-1-5(2-4-6)7(9)10;;;;/h2*1-11H;6*1-4H,(H,9,10);;;2*1H2/q;;;;;;;;2*+3;;/p-4. The predicted octanol–water partition coefficient (Wildman–Crippen LogP) is 8.50. The summed E-state index contributed by atoms with van der Waals surface area (Å²) in [6.07, 6.45) is 7.07. The molecular weight excluding hydrogens is 2210 g/mol. The molecule has 6 aromatic carbocycles. The molecule has 0 unspecified atom stereocenters. The van der Waals surface area contributed by atoms with Crippen LogP contribution in [0.5, 0.6) is 0 Å². The molecule has 12 rings (SSSR count). The van der Waals surface area contributed by atoms with E-state index in [-0.39, 0.29) is 116 Å². The van der Waals surface area contributed by atoms with Gasteiger partial charge in [-0.15, -0.1) is 0 Å². The normalized spacial score (nSPS) is 9.26. The van der Waals surface area contributed by atoms with Crippen LogP contribution in [0.3, 0.4) is 0 Å². The molecule has 0 atom stereocenters. The monoisotopic (exact) mass is 2260 g/mol. The van der Waals surface area contributed by atoms with E-state index in [2.05, 4.69) is 165 Å². The topological polar surface area (TPSA) is 384 Å². The van der Waals surface area contributed by atoms with Crippen molar-refractivity contribution in [2.24, 2.45) is 0 Å². The second-order valence-electron chi connectivity index (χ2n) is 18.4. The predicted molar refractivity (Wildman–Crippen MR) is 412 cm³/mol. The number of carbonyl (C=O) groups is 6. The number of pyridine rings is 6. The zero-order chi connectivity index (χ0) is 69.8. The van der Waals surface area contributed by atoms with E-state index in [9.17, 15) is 59.4 Å². The van der Waals surface area contributed by atoms with E-state index >= 15 is 0 Å². The second kappa shape index (κ2) is 51.0. The third kappa shape index (κ3) is 35.6. The fourth-order valence-electron chi connectivity index (χ4n) is 7.01. The van der Waals surface area contributed by atoms with Crippen LogP contribution in [0, 0.1) is 92.6 Å². The maximum Gasteiger partial charge on any atom is 3.00 e. The Morgan fingerprint density at radius 2 is 0.350 bits per heavy atom. The van der Waals surface area contributed by atoms with E-state index in [4.69, 9.17) is 0 Å². The van der Waals surface area contributed by atoms with Crippen molar-refractivity contribution in [2.75, 3.05) is 0 Å². The molecule has 0 amide bonds. The fraction of sp³-hybridized carbons (Fsp3) is 0. The first kappa shape index (κ1) is 91.7. The Kier molecular flexibility index (Phi) is 46.8. The average molecular weight is 2260 g/mol. The van der Waals surface area contributed by atoms with Crippen molar-refractivity contribution in [2.45, 2.75) is 0 Å². The number of aromatic nitrogens is 6. The Hall–Kier alpha value is -6.27. The van der Waals surface area contributed by atoms with Crippen molar-refractivity contribution in [3.05, 3.63) is 334 Å². The Morgan fingerprint density at radius 3 is 0.470 bits per heavy atom. The first-order valence-electron chi connectivity index (χ1n) is 27.5. The summed E-state index contributed by atoms with van der Waals surface area (Å²) in [4.78, 5) is 87.6. The molecule has 0 radical (unpaired) electrons. The van der Waals surface area contributed by atoms with Crippen molar-refractivity contribution >= 4 is 171 Å². The maximum absolute atomic E-state index is 10.2. The second-order valence-corrected chi connectivity index (χ2v) is 25.9. The number of halogens is 6. The molecule has 0 spiro atoms. The Balaban J connectivity index is 0.000000577. The fourth-order valence-corrected chi connectivity index (χ4v) is 9.17. The number of carboxylic acids is 6. The van der Waals surface area contributed by atoms with Gasteiger partial charge in [-0.3, -0.25) is 19.9 Å². The van der Waals surface area contributed by atoms with Gasteiger partial charge in [0.25, 0.3) is 0 Å². The van der Waals surface area contributed by atoms with Gasteiger partial charge in [0.2, 0.25) is 0 Å². The number of hydrogen-bond donors (Lipinski definition) is 0. The molecule has 12 aromatic rings. The Labute approximate surface area is 712 Å². The van der Waals surface area contributed by atoms with Gasteiger partial charge in [-0.05, 0) is 315 Å². The van der Waals surface area contributed by atoms with Crippen LogP contribution in [-0.4, -0.2) is 65.7 Å². The van der Waals surface area contributed by atoms with Gasteiger partial charge in [0, 0.05) is 46.2 Å². The molecule has 28 heteroatoms. The van der Waals surface area contributed by atoms with Crippen LogP contribution in [0.15, 0.2) is 280 Å². The number of hydrogen-bond acceptors (Lipinski definition) is 18. The van der Waals surface area contributed by atoms with Crippen molar-refractivity contribution in [1.29, 1.82) is 0 Å². The number of benzene rings is 6. The zero-order valence-electron chi connectivity index (χ0n) is 51.7. The van der Waals surface area contributed by atoms with Crippen LogP contribution in [0.25, 0.3) is 45.6 Å². The molecule has 0 fully saturated rings. The molecule has 0 saturated carbocycles. The van der Waals surface area contributed by atoms with Crippen LogP contribution in [0.4, 0.5) is 0 Å². The summed E-state index contributed by atoms with van der Waals surface area (Å²) in [7, 11) is 0. The number of carbonyl (C=O) groups excluding carboxylic acids is 6. The first-order chi connectivity index (χ1) is 46.1. The average Bonchev–Trinajstić information content (AvgIpc) is 0.848. The summed E-state index contributed by atoms with van der Waals surface area (Å²) in [5, 5.41) is 61.2. The van der Waals surface area contributed by atoms with Crippen molar-refractivity contribution in [3.8, 4) is 45.6 Å².